The van der Waals surface area contributed by atoms with Gasteiger partial charge in [-0.15, -0.1) is 0 Å². The lowest BCUT2D eigenvalue weighted by Crippen LogP contribution is -2.08. The summed E-state index contributed by atoms with van der Waals surface area (Å²) < 4.78 is 40.8. The minimum absolute atomic E-state index is 0.108. The molecule has 3 rings (SSSR count). The van der Waals surface area contributed by atoms with Gasteiger partial charge in [-0.25, -0.2) is 9.97 Å². The van der Waals surface area contributed by atoms with Crippen molar-refractivity contribution in [3.8, 4) is 11.4 Å². The van der Waals surface area contributed by atoms with E-state index in [-0.39, 0.29) is 23.1 Å². The van der Waals surface area contributed by atoms with E-state index in [1.54, 1.807) is 12.1 Å². The molecule has 0 radical (unpaired) electrons. The number of hydrogen-bond donors (Lipinski definition) is 1. The van der Waals surface area contributed by atoms with Crippen LogP contribution in [-0.2, 0) is 12.7 Å². The van der Waals surface area contributed by atoms with E-state index in [4.69, 9.17) is 11.6 Å². The molecule has 10 heteroatoms. The molecule has 0 saturated carbocycles. The standard InChI is InChI=1S/C20H22ClF3N6/c1-11(2)16-27-18(21)29-19(28-16)25-9-13-5-7-14(8-6-13)17-26-15(20(22,23)24)10-30(17)12(3)4/h5-8,10-12H,9H2,1-4H3,(H,25,27,28,29). The summed E-state index contributed by atoms with van der Waals surface area (Å²) >= 11 is 5.95. The molecule has 0 aliphatic rings. The van der Waals surface area contributed by atoms with Crippen molar-refractivity contribution in [2.45, 2.75) is 52.4 Å². The van der Waals surface area contributed by atoms with E-state index in [1.807, 2.05) is 39.8 Å². The molecule has 30 heavy (non-hydrogen) atoms. The van der Waals surface area contributed by atoms with Gasteiger partial charge in [-0.2, -0.15) is 23.1 Å². The fraction of sp³-hybridized carbons (Fsp3) is 0.400. The van der Waals surface area contributed by atoms with Crippen molar-refractivity contribution in [2.24, 2.45) is 0 Å². The summed E-state index contributed by atoms with van der Waals surface area (Å²) in [6, 6.07) is 6.98. The van der Waals surface area contributed by atoms with Gasteiger partial charge in [-0.05, 0) is 31.0 Å². The zero-order valence-electron chi connectivity index (χ0n) is 17.0. The van der Waals surface area contributed by atoms with Gasteiger partial charge in [0.2, 0.25) is 11.2 Å². The van der Waals surface area contributed by atoms with E-state index < -0.39 is 11.9 Å². The molecular formula is C20H22ClF3N6. The highest BCUT2D eigenvalue weighted by Gasteiger charge is 2.35. The molecule has 0 bridgehead atoms. The normalized spacial score (nSPS) is 12.1. The maximum absolute atomic E-state index is 13.1. The van der Waals surface area contributed by atoms with E-state index >= 15 is 0 Å². The van der Waals surface area contributed by atoms with Gasteiger partial charge in [0.1, 0.15) is 11.6 Å². The van der Waals surface area contributed by atoms with Gasteiger partial charge < -0.3 is 9.88 Å². The monoisotopic (exact) mass is 438 g/mol. The van der Waals surface area contributed by atoms with Gasteiger partial charge in [0.25, 0.3) is 0 Å². The van der Waals surface area contributed by atoms with Crippen LogP contribution in [-0.4, -0.2) is 24.5 Å². The topological polar surface area (TPSA) is 68.5 Å². The van der Waals surface area contributed by atoms with Crippen LogP contribution >= 0.6 is 11.6 Å². The average Bonchev–Trinajstić information content (AvgIpc) is 3.12. The van der Waals surface area contributed by atoms with Crippen LogP contribution in [0, 0.1) is 0 Å². The molecule has 160 valence electrons. The second kappa shape index (κ2) is 8.59. The Balaban J connectivity index is 1.78. The van der Waals surface area contributed by atoms with Gasteiger partial charge >= 0.3 is 6.18 Å². The number of aromatic nitrogens is 5. The third-order valence-corrected chi connectivity index (χ3v) is 4.55. The van der Waals surface area contributed by atoms with Crippen LogP contribution in [0.25, 0.3) is 11.4 Å². The Labute approximate surface area is 177 Å². The molecule has 0 aliphatic carbocycles. The van der Waals surface area contributed by atoms with E-state index in [0.717, 1.165) is 11.8 Å². The Hall–Kier alpha value is -2.68. The summed E-state index contributed by atoms with van der Waals surface area (Å²) in [5.74, 6) is 1.35. The molecule has 6 nitrogen and oxygen atoms in total. The largest absolute Gasteiger partial charge is 0.434 e. The molecule has 0 fully saturated rings. The van der Waals surface area contributed by atoms with Crippen LogP contribution in [0.15, 0.2) is 30.5 Å². The number of rotatable bonds is 6. The minimum atomic E-state index is -4.49. The number of benzene rings is 1. The SMILES string of the molecule is CC(C)c1nc(Cl)nc(NCc2ccc(-c3nc(C(F)(F)F)cn3C(C)C)cc2)n1. The molecular weight excluding hydrogens is 417 g/mol. The highest BCUT2D eigenvalue weighted by molar-refractivity contribution is 6.28. The van der Waals surface area contributed by atoms with Crippen LogP contribution in [0.3, 0.4) is 0 Å². The lowest BCUT2D eigenvalue weighted by molar-refractivity contribution is -0.140. The summed E-state index contributed by atoms with van der Waals surface area (Å²) in [6.07, 6.45) is -3.44. The number of imidazole rings is 1. The number of anilines is 1. The van der Waals surface area contributed by atoms with Crippen molar-refractivity contribution >= 4 is 17.5 Å². The predicted octanol–water partition coefficient (Wildman–Crippen LogP) is 5.72. The Morgan fingerprint density at radius 2 is 1.67 bits per heavy atom. The second-order valence-electron chi connectivity index (χ2n) is 7.44. The molecule has 0 saturated heterocycles. The van der Waals surface area contributed by atoms with Crippen molar-refractivity contribution < 1.29 is 13.2 Å². The summed E-state index contributed by atoms with van der Waals surface area (Å²) in [7, 11) is 0. The molecule has 0 amide bonds. The van der Waals surface area contributed by atoms with E-state index in [9.17, 15) is 13.2 Å². The molecule has 0 spiro atoms. The molecule has 0 unspecified atom stereocenters. The maximum Gasteiger partial charge on any atom is 0.434 e. The fourth-order valence-electron chi connectivity index (χ4n) is 2.79. The molecule has 2 heterocycles. The first-order valence-corrected chi connectivity index (χ1v) is 9.83. The third kappa shape index (κ3) is 5.08. The smallest absolute Gasteiger partial charge is 0.350 e. The Morgan fingerprint density at radius 3 is 2.23 bits per heavy atom. The van der Waals surface area contributed by atoms with Crippen LogP contribution in [0.2, 0.25) is 5.28 Å². The average molecular weight is 439 g/mol. The Bertz CT molecular complexity index is 1010. The summed E-state index contributed by atoms with van der Waals surface area (Å²) in [6.45, 7) is 7.97. The Kier molecular flexibility index (Phi) is 6.30. The van der Waals surface area contributed by atoms with E-state index in [2.05, 4.69) is 25.3 Å². The lowest BCUT2D eigenvalue weighted by Gasteiger charge is -2.12. The van der Waals surface area contributed by atoms with Crippen LogP contribution in [0.1, 0.15) is 56.7 Å². The van der Waals surface area contributed by atoms with Gasteiger partial charge in [0, 0.05) is 30.3 Å². The van der Waals surface area contributed by atoms with Crippen LogP contribution in [0.5, 0.6) is 0 Å². The van der Waals surface area contributed by atoms with Gasteiger partial charge in [-0.1, -0.05) is 38.1 Å². The lowest BCUT2D eigenvalue weighted by atomic mass is 10.1. The number of nitrogens with one attached hydrogen (secondary N) is 1. The van der Waals surface area contributed by atoms with E-state index in [1.165, 1.54) is 4.57 Å². The van der Waals surface area contributed by atoms with Gasteiger partial charge in [0.05, 0.1) is 0 Å². The molecule has 3 aromatic rings. The molecule has 2 aromatic heterocycles. The zero-order valence-corrected chi connectivity index (χ0v) is 17.8. The number of halogens is 4. The van der Waals surface area contributed by atoms with Crippen molar-refractivity contribution in [1.82, 2.24) is 24.5 Å². The second-order valence-corrected chi connectivity index (χ2v) is 7.78. The highest BCUT2D eigenvalue weighted by atomic mass is 35.5. The number of hydrogen-bond acceptors (Lipinski definition) is 5. The van der Waals surface area contributed by atoms with Crippen LogP contribution < -0.4 is 5.32 Å². The van der Waals surface area contributed by atoms with Gasteiger partial charge in [-0.3, -0.25) is 0 Å². The molecule has 1 N–H and O–H groups in total. The van der Waals surface area contributed by atoms with Crippen LogP contribution in [0.4, 0.5) is 19.1 Å². The van der Waals surface area contributed by atoms with E-state index in [0.29, 0.717) is 23.9 Å². The van der Waals surface area contributed by atoms with Crippen molar-refractivity contribution in [1.29, 1.82) is 0 Å². The summed E-state index contributed by atoms with van der Waals surface area (Å²) in [4.78, 5) is 16.3. The molecule has 1 aromatic carbocycles. The molecule has 0 atom stereocenters. The van der Waals surface area contributed by atoms with Crippen molar-refractivity contribution in [2.75, 3.05) is 5.32 Å². The molecule has 0 aliphatic heterocycles. The van der Waals surface area contributed by atoms with Crippen molar-refractivity contribution in [3.05, 3.63) is 52.8 Å². The zero-order chi connectivity index (χ0) is 22.1. The first-order chi connectivity index (χ1) is 14.0. The third-order valence-electron chi connectivity index (χ3n) is 4.38. The number of nitrogens with zero attached hydrogens (tertiary/aromatic N) is 5. The summed E-state index contributed by atoms with van der Waals surface area (Å²) in [5, 5.41) is 3.21. The fourth-order valence-corrected chi connectivity index (χ4v) is 2.96. The highest BCUT2D eigenvalue weighted by Crippen LogP contribution is 2.32. The summed E-state index contributed by atoms with van der Waals surface area (Å²) in [5.41, 5.74) is 0.609. The Morgan fingerprint density at radius 1 is 1.00 bits per heavy atom. The van der Waals surface area contributed by atoms with Crippen molar-refractivity contribution in [3.63, 3.8) is 0 Å². The maximum atomic E-state index is 13.1. The quantitative estimate of drug-likeness (QED) is 0.532. The first kappa shape index (κ1) is 22.0. The predicted molar refractivity (Wildman–Crippen MR) is 109 cm³/mol. The number of alkyl halides is 3. The van der Waals surface area contributed by atoms with Gasteiger partial charge in [0.15, 0.2) is 5.69 Å². The first-order valence-electron chi connectivity index (χ1n) is 9.45. The minimum Gasteiger partial charge on any atom is -0.350 e.